The fourth-order valence-corrected chi connectivity index (χ4v) is 3.66. The van der Waals surface area contributed by atoms with Crippen LogP contribution < -0.4 is 9.64 Å². The topological polar surface area (TPSA) is 110 Å². The summed E-state index contributed by atoms with van der Waals surface area (Å²) in [4.78, 5) is 20.7. The summed E-state index contributed by atoms with van der Waals surface area (Å²) < 4.78 is 28.3. The lowest BCUT2D eigenvalue weighted by molar-refractivity contribution is -0.137. The molecule has 1 unspecified atom stereocenters. The van der Waals surface area contributed by atoms with Crippen LogP contribution in [0.3, 0.4) is 0 Å². The Morgan fingerprint density at radius 3 is 2.95 bits per heavy atom. The van der Waals surface area contributed by atoms with Crippen LogP contribution in [0.5, 0.6) is 5.88 Å². The molecule has 8 nitrogen and oxygen atoms in total. The molecule has 9 heteroatoms. The number of carboxylic acid groups (broad SMARTS) is 1. The Hall–Kier alpha value is -1.90. The Morgan fingerprint density at radius 2 is 2.30 bits per heavy atom. The van der Waals surface area contributed by atoms with Crippen molar-refractivity contribution in [3.05, 3.63) is 12.4 Å². The van der Waals surface area contributed by atoms with Crippen molar-refractivity contribution in [3.8, 4) is 5.88 Å². The van der Waals surface area contributed by atoms with Gasteiger partial charge in [0.15, 0.2) is 15.7 Å². The second kappa shape index (κ2) is 5.61. The molecule has 1 saturated heterocycles. The minimum absolute atomic E-state index is 0.0258. The van der Waals surface area contributed by atoms with Crippen molar-refractivity contribution in [3.63, 3.8) is 0 Å². The van der Waals surface area contributed by atoms with Gasteiger partial charge in [-0.2, -0.15) is 4.98 Å². The molecule has 0 radical (unpaired) electrons. The molecule has 20 heavy (non-hydrogen) atoms. The first kappa shape index (κ1) is 14.5. The molecule has 0 aliphatic carbocycles. The first-order valence-corrected chi connectivity index (χ1v) is 7.78. The average Bonchev–Trinajstić information content (AvgIpc) is 2.37. The van der Waals surface area contributed by atoms with Crippen molar-refractivity contribution < 1.29 is 23.1 Å². The Labute approximate surface area is 116 Å². The third-order valence-corrected chi connectivity index (χ3v) is 4.74. The predicted molar refractivity (Wildman–Crippen MR) is 70.6 cm³/mol. The zero-order valence-corrected chi connectivity index (χ0v) is 11.7. The standard InChI is InChI=1S/C11H15N3O5S/c1-19-10-6-12-5-9(13-10)14-2-3-20(17,18)7-8(14)4-11(15)16/h5-6,8H,2-4,7H2,1H3,(H,15,16). The van der Waals surface area contributed by atoms with Gasteiger partial charge in [0, 0.05) is 6.54 Å². The molecule has 1 N–H and O–H groups in total. The van der Waals surface area contributed by atoms with E-state index in [1.165, 1.54) is 19.5 Å². The fraction of sp³-hybridized carbons (Fsp3) is 0.545. The van der Waals surface area contributed by atoms with E-state index >= 15 is 0 Å². The van der Waals surface area contributed by atoms with Crippen molar-refractivity contribution >= 4 is 21.6 Å². The average molecular weight is 301 g/mol. The molecule has 0 bridgehead atoms. The number of hydrogen-bond donors (Lipinski definition) is 1. The minimum Gasteiger partial charge on any atom is -0.481 e. The number of ether oxygens (including phenoxy) is 1. The predicted octanol–water partition coefficient (Wildman–Crippen LogP) is -0.437. The summed E-state index contributed by atoms with van der Waals surface area (Å²) in [5.41, 5.74) is 0. The monoisotopic (exact) mass is 301 g/mol. The number of rotatable bonds is 4. The van der Waals surface area contributed by atoms with Crippen LogP contribution in [0, 0.1) is 0 Å². The number of carboxylic acids is 1. The van der Waals surface area contributed by atoms with Gasteiger partial charge < -0.3 is 14.7 Å². The molecule has 2 heterocycles. The highest BCUT2D eigenvalue weighted by Gasteiger charge is 2.33. The number of anilines is 1. The first-order chi connectivity index (χ1) is 9.41. The lowest BCUT2D eigenvalue weighted by Gasteiger charge is -2.35. The second-order valence-corrected chi connectivity index (χ2v) is 6.71. The van der Waals surface area contributed by atoms with Crippen LogP contribution in [0.2, 0.25) is 0 Å². The molecule has 0 amide bonds. The van der Waals surface area contributed by atoms with Gasteiger partial charge in [0.1, 0.15) is 0 Å². The van der Waals surface area contributed by atoms with Crippen LogP contribution >= 0.6 is 0 Å². The highest BCUT2D eigenvalue weighted by molar-refractivity contribution is 7.91. The summed E-state index contributed by atoms with van der Waals surface area (Å²) in [7, 11) is -1.77. The molecule has 1 aliphatic rings. The van der Waals surface area contributed by atoms with E-state index in [2.05, 4.69) is 9.97 Å². The van der Waals surface area contributed by atoms with Crippen LogP contribution in [0.25, 0.3) is 0 Å². The second-order valence-electron chi connectivity index (χ2n) is 4.48. The summed E-state index contributed by atoms with van der Waals surface area (Å²) in [5, 5.41) is 8.92. The maximum Gasteiger partial charge on any atom is 0.305 e. The molecule has 0 saturated carbocycles. The van der Waals surface area contributed by atoms with E-state index in [4.69, 9.17) is 9.84 Å². The molecule has 1 atom stereocenters. The van der Waals surface area contributed by atoms with Crippen LogP contribution in [-0.4, -0.2) is 60.7 Å². The maximum atomic E-state index is 11.7. The maximum absolute atomic E-state index is 11.7. The van der Waals surface area contributed by atoms with Gasteiger partial charge in [-0.15, -0.1) is 0 Å². The number of methoxy groups -OCH3 is 1. The van der Waals surface area contributed by atoms with Crippen LogP contribution in [-0.2, 0) is 14.6 Å². The summed E-state index contributed by atoms with van der Waals surface area (Å²) in [5.74, 6) is -0.552. The Morgan fingerprint density at radius 1 is 1.55 bits per heavy atom. The zero-order valence-electron chi connectivity index (χ0n) is 10.9. The minimum atomic E-state index is -3.22. The number of carbonyl (C=O) groups is 1. The van der Waals surface area contributed by atoms with Crippen molar-refractivity contribution in [1.29, 1.82) is 0 Å². The molecule has 0 spiro atoms. The van der Waals surface area contributed by atoms with Crippen molar-refractivity contribution in [1.82, 2.24) is 9.97 Å². The Kier molecular flexibility index (Phi) is 4.07. The molecule has 1 aromatic rings. The summed E-state index contributed by atoms with van der Waals surface area (Å²) in [6.07, 6.45) is 2.63. The van der Waals surface area contributed by atoms with Gasteiger partial charge >= 0.3 is 5.97 Å². The van der Waals surface area contributed by atoms with E-state index in [1.54, 1.807) is 4.90 Å². The molecule has 1 aromatic heterocycles. The van der Waals surface area contributed by atoms with Gasteiger partial charge in [-0.3, -0.25) is 9.78 Å². The lowest BCUT2D eigenvalue weighted by Crippen LogP contribution is -2.49. The van der Waals surface area contributed by atoms with Crippen molar-refractivity contribution in [2.45, 2.75) is 12.5 Å². The molecule has 1 fully saturated rings. The first-order valence-electron chi connectivity index (χ1n) is 5.96. The van der Waals surface area contributed by atoms with Gasteiger partial charge in [0.05, 0.1) is 43.5 Å². The molecule has 0 aromatic carbocycles. The van der Waals surface area contributed by atoms with Crippen LogP contribution in [0.4, 0.5) is 5.82 Å². The number of sulfone groups is 1. The van der Waals surface area contributed by atoms with Crippen LogP contribution in [0.15, 0.2) is 12.4 Å². The molecular weight excluding hydrogens is 286 g/mol. The number of aliphatic carboxylic acids is 1. The van der Waals surface area contributed by atoms with E-state index < -0.39 is 21.8 Å². The van der Waals surface area contributed by atoms with Gasteiger partial charge in [0.25, 0.3) is 0 Å². The summed E-state index contributed by atoms with van der Waals surface area (Å²) in [6.45, 7) is 0.197. The lowest BCUT2D eigenvalue weighted by atomic mass is 10.2. The van der Waals surface area contributed by atoms with Crippen LogP contribution in [0.1, 0.15) is 6.42 Å². The largest absolute Gasteiger partial charge is 0.481 e. The number of hydrogen-bond acceptors (Lipinski definition) is 7. The fourth-order valence-electron chi connectivity index (χ4n) is 2.13. The third kappa shape index (κ3) is 3.35. The van der Waals surface area contributed by atoms with Crippen molar-refractivity contribution in [2.75, 3.05) is 30.1 Å². The van der Waals surface area contributed by atoms with E-state index in [0.717, 1.165) is 0 Å². The summed E-state index contributed by atoms with van der Waals surface area (Å²) in [6, 6.07) is -0.646. The van der Waals surface area contributed by atoms with Gasteiger partial charge in [-0.05, 0) is 0 Å². The molecule has 2 rings (SSSR count). The molecule has 110 valence electrons. The SMILES string of the molecule is COc1cncc(N2CCS(=O)(=O)CC2CC(=O)O)n1. The van der Waals surface area contributed by atoms with Gasteiger partial charge in [-0.1, -0.05) is 0 Å². The van der Waals surface area contributed by atoms with E-state index in [9.17, 15) is 13.2 Å². The number of aromatic nitrogens is 2. The van der Waals surface area contributed by atoms with E-state index in [-0.39, 0.29) is 24.5 Å². The summed E-state index contributed by atoms with van der Waals surface area (Å²) >= 11 is 0. The zero-order chi connectivity index (χ0) is 14.8. The Balaban J connectivity index is 2.29. The molecule has 1 aliphatic heterocycles. The van der Waals surface area contributed by atoms with Gasteiger partial charge in [0.2, 0.25) is 5.88 Å². The highest BCUT2D eigenvalue weighted by atomic mass is 32.2. The highest BCUT2D eigenvalue weighted by Crippen LogP contribution is 2.22. The third-order valence-electron chi connectivity index (χ3n) is 3.04. The van der Waals surface area contributed by atoms with E-state index in [1.807, 2.05) is 0 Å². The van der Waals surface area contributed by atoms with Gasteiger partial charge in [-0.25, -0.2) is 8.42 Å². The molecular formula is C11H15N3O5S. The van der Waals surface area contributed by atoms with E-state index in [0.29, 0.717) is 11.7 Å². The number of nitrogens with zero attached hydrogens (tertiary/aromatic N) is 3. The Bertz CT molecular complexity index is 604. The quantitative estimate of drug-likeness (QED) is 0.797. The smallest absolute Gasteiger partial charge is 0.305 e. The van der Waals surface area contributed by atoms with Crippen molar-refractivity contribution in [2.24, 2.45) is 0 Å². The normalized spacial score (nSPS) is 21.4.